The van der Waals surface area contributed by atoms with Gasteiger partial charge in [-0.1, -0.05) is 158 Å². The van der Waals surface area contributed by atoms with Gasteiger partial charge in [0.05, 0.1) is 67.7 Å². The van der Waals surface area contributed by atoms with Gasteiger partial charge in [-0.05, 0) is 294 Å². The van der Waals surface area contributed by atoms with E-state index in [1.165, 1.54) is 185 Å². The maximum absolute atomic E-state index is 4.95. The second-order valence-electron chi connectivity index (χ2n) is 35.4. The average Bonchev–Trinajstić information content (AvgIpc) is 1.49. The van der Waals surface area contributed by atoms with Crippen LogP contribution < -0.4 is 0 Å². The molecule has 0 unspecified atom stereocenters. The topological polar surface area (TPSA) is 97.1 Å². The number of benzene rings is 12. The molecule has 10 aliphatic carbocycles. The van der Waals surface area contributed by atoms with Crippen LogP contribution >= 0.6 is 0 Å². The molecular weight excluding hydrogens is 1410 g/mol. The fourth-order valence-corrected chi connectivity index (χ4v) is 26.2. The fourth-order valence-electron chi connectivity index (χ4n) is 26.2. The van der Waals surface area contributed by atoms with E-state index in [-0.39, 0.29) is 10.8 Å². The van der Waals surface area contributed by atoms with Gasteiger partial charge >= 0.3 is 0 Å². The standard InChI is InChI=1S/2C53H39N5/c1-4-11-44-38(8-1)39-18-17-37(29-45(39)53(44)35-23-31-22-32(25-35)26-36(53)24-31)57-48-13-5-2-9-40(48)42-27-33(15-19-50(42)57)34-16-20-51-43(28-34)41-10-3-6-14-49(41)58(51)52-55-30-47-46(56-52)12-7-21-54-47;1-4-10-44-38(7-1)39-16-15-37(28-45(39)53(44)35-22-31-21-32(24-35)25-36(53)23-31)57-47-11-5-2-8-40(47)42-26-33(13-17-49(42)57)34-14-18-50-43(27-34)41-9-3-6-12-48(41)58(50)51-19-20-55-46-29-54-30-56-52(46)51/h1-21,27-32,35-36H,22-26H2;1-20,26-32,35-36H,21-25H2. The zero-order chi connectivity index (χ0) is 75.4. The maximum atomic E-state index is 4.95. The Hall–Kier alpha value is -13.2. The minimum Gasteiger partial charge on any atom is -0.309 e. The van der Waals surface area contributed by atoms with E-state index in [0.29, 0.717) is 5.95 Å². The lowest BCUT2D eigenvalue weighted by Crippen LogP contribution is -2.55. The molecule has 8 saturated carbocycles. The highest BCUT2D eigenvalue weighted by atomic mass is 15.2. The zero-order valence-electron chi connectivity index (χ0n) is 64.0. The third-order valence-electron chi connectivity index (χ3n) is 30.1. The zero-order valence-corrected chi connectivity index (χ0v) is 64.0. The van der Waals surface area contributed by atoms with E-state index in [1.807, 2.05) is 24.5 Å². The van der Waals surface area contributed by atoms with Crippen molar-refractivity contribution in [3.8, 4) is 67.5 Å². The summed E-state index contributed by atoms with van der Waals surface area (Å²) in [4.78, 5) is 27.6. The number of aromatic nitrogens is 10. The van der Waals surface area contributed by atoms with Gasteiger partial charge in [0.2, 0.25) is 5.95 Å². The molecule has 0 N–H and O–H groups in total. The molecule has 10 aliphatic rings. The molecule has 8 aromatic heterocycles. The average molecular weight is 1490 g/mol. The molecule has 8 fully saturated rings. The number of para-hydroxylation sites is 4. The van der Waals surface area contributed by atoms with Crippen molar-refractivity contribution in [3.63, 3.8) is 0 Å². The molecule has 10 heteroatoms. The van der Waals surface area contributed by atoms with Crippen molar-refractivity contribution in [3.05, 3.63) is 326 Å². The summed E-state index contributed by atoms with van der Waals surface area (Å²) in [6, 6.07) is 103. The molecule has 116 heavy (non-hydrogen) atoms. The highest BCUT2D eigenvalue weighted by molar-refractivity contribution is 6.15. The fraction of sp³-hybridized carbons (Fsp3) is 0.189. The van der Waals surface area contributed by atoms with Crippen LogP contribution in [-0.4, -0.2) is 48.2 Å². The Morgan fingerprint density at radius 2 is 0.664 bits per heavy atom. The summed E-state index contributed by atoms with van der Waals surface area (Å²) in [5.74, 6) is 7.32. The van der Waals surface area contributed by atoms with Gasteiger partial charge in [-0.3, -0.25) is 14.5 Å². The van der Waals surface area contributed by atoms with Crippen LogP contribution in [-0.2, 0) is 10.8 Å². The first-order valence-corrected chi connectivity index (χ1v) is 42.2. The Balaban J connectivity index is 0.000000124. The predicted molar refractivity (Wildman–Crippen MR) is 469 cm³/mol. The first kappa shape index (κ1) is 64.2. The van der Waals surface area contributed by atoms with Crippen molar-refractivity contribution in [1.82, 2.24) is 48.2 Å². The molecule has 12 aromatic carbocycles. The minimum atomic E-state index is 0.140. The summed E-state index contributed by atoms with van der Waals surface area (Å²) in [6.45, 7) is 0. The quantitative estimate of drug-likeness (QED) is 0.165. The number of rotatable bonds is 6. The van der Waals surface area contributed by atoms with Crippen molar-refractivity contribution < 1.29 is 0 Å². The van der Waals surface area contributed by atoms with Crippen LogP contribution in [0.3, 0.4) is 0 Å². The van der Waals surface area contributed by atoms with Crippen LogP contribution in [0.25, 0.3) is 177 Å². The maximum Gasteiger partial charge on any atom is 0.235 e. The molecule has 0 amide bonds. The lowest BCUT2D eigenvalue weighted by molar-refractivity contribution is -0.0399. The Labute approximate surface area is 669 Å². The van der Waals surface area contributed by atoms with Gasteiger partial charge in [0, 0.05) is 77.7 Å². The molecule has 2 spiro atoms. The summed E-state index contributed by atoms with van der Waals surface area (Å²) in [5.41, 5.74) is 33.7. The summed E-state index contributed by atoms with van der Waals surface area (Å²) < 4.78 is 9.59. The van der Waals surface area contributed by atoms with Gasteiger partial charge in [-0.15, -0.1) is 0 Å². The van der Waals surface area contributed by atoms with Crippen LogP contribution in [0, 0.1) is 47.3 Å². The third-order valence-corrected chi connectivity index (χ3v) is 30.1. The summed E-state index contributed by atoms with van der Waals surface area (Å²) >= 11 is 0. The number of hydrogen-bond donors (Lipinski definition) is 0. The Kier molecular flexibility index (Phi) is 13.1. The second-order valence-corrected chi connectivity index (χ2v) is 35.4. The van der Waals surface area contributed by atoms with Gasteiger partial charge in [-0.25, -0.2) is 19.9 Å². The lowest BCUT2D eigenvalue weighted by atomic mass is 9.43. The SMILES string of the molecule is c1ccc2c(c1)-c1ccc(-n3c4ccccc4c4cc(-c5ccc6c(c5)c5ccccc5n6-c5ccnc6cncnc56)ccc43)cc1C21C2CC3CC(C2)CC1C3.c1ccc2c(c1)-c1ccc(-n3c4ccccc4c4cc(-c5ccc6c(c5)c5ccccc5n6-c5ncc6ncccc6n5)ccc43)cc1C21C2CC3CC(C2)CC1C3. The first-order chi connectivity index (χ1) is 57.4. The number of nitrogens with zero attached hydrogens (tertiary/aromatic N) is 10. The van der Waals surface area contributed by atoms with E-state index in [0.717, 1.165) is 97.2 Å². The molecule has 0 atom stereocenters. The van der Waals surface area contributed by atoms with Gasteiger partial charge in [0.25, 0.3) is 0 Å². The van der Waals surface area contributed by atoms with E-state index in [9.17, 15) is 0 Å². The largest absolute Gasteiger partial charge is 0.309 e. The highest BCUT2D eigenvalue weighted by Gasteiger charge is 2.63. The van der Waals surface area contributed by atoms with Crippen molar-refractivity contribution >= 4 is 109 Å². The Bertz CT molecular complexity index is 7610. The van der Waals surface area contributed by atoms with Gasteiger partial charge in [0.1, 0.15) is 22.9 Å². The van der Waals surface area contributed by atoms with Gasteiger partial charge < -0.3 is 13.7 Å². The monoisotopic (exact) mass is 1490 g/mol. The molecular formula is C106H78N10. The van der Waals surface area contributed by atoms with Crippen LogP contribution in [0.2, 0.25) is 0 Å². The van der Waals surface area contributed by atoms with Crippen LogP contribution in [0.5, 0.6) is 0 Å². The molecule has 0 radical (unpaired) electrons. The van der Waals surface area contributed by atoms with E-state index >= 15 is 0 Å². The summed E-state index contributed by atoms with van der Waals surface area (Å²) in [5, 5.41) is 9.93. The third kappa shape index (κ3) is 8.70. The van der Waals surface area contributed by atoms with Crippen molar-refractivity contribution in [2.24, 2.45) is 47.3 Å². The normalized spacial score (nSPS) is 22.9. The lowest BCUT2D eigenvalue weighted by Gasteiger charge is -2.61. The van der Waals surface area contributed by atoms with E-state index in [1.54, 1.807) is 41.0 Å². The van der Waals surface area contributed by atoms with Crippen molar-refractivity contribution in [2.75, 3.05) is 0 Å². The number of fused-ring (bicyclic) bond motifs is 20. The minimum absolute atomic E-state index is 0.140. The molecule has 552 valence electrons. The highest BCUT2D eigenvalue weighted by Crippen LogP contribution is 2.71. The van der Waals surface area contributed by atoms with E-state index in [4.69, 9.17) is 9.97 Å². The van der Waals surface area contributed by atoms with E-state index in [2.05, 4.69) is 299 Å². The van der Waals surface area contributed by atoms with Crippen LogP contribution in [0.15, 0.2) is 304 Å². The molecule has 20 aromatic rings. The van der Waals surface area contributed by atoms with Gasteiger partial charge in [0.15, 0.2) is 0 Å². The smallest absolute Gasteiger partial charge is 0.235 e. The van der Waals surface area contributed by atoms with Crippen molar-refractivity contribution in [1.29, 1.82) is 0 Å². The van der Waals surface area contributed by atoms with Crippen molar-refractivity contribution in [2.45, 2.75) is 75.0 Å². The molecule has 8 bridgehead atoms. The predicted octanol–water partition coefficient (Wildman–Crippen LogP) is 25.2. The molecule has 0 saturated heterocycles. The van der Waals surface area contributed by atoms with Crippen LogP contribution in [0.4, 0.5) is 0 Å². The Morgan fingerprint density at radius 3 is 1.15 bits per heavy atom. The number of pyridine rings is 2. The van der Waals surface area contributed by atoms with Gasteiger partial charge in [-0.2, -0.15) is 0 Å². The van der Waals surface area contributed by atoms with Crippen LogP contribution in [0.1, 0.15) is 86.5 Å². The number of hydrogen-bond acceptors (Lipinski definition) is 6. The molecule has 10 nitrogen and oxygen atoms in total. The first-order valence-electron chi connectivity index (χ1n) is 42.2. The second kappa shape index (κ2) is 23.7. The molecule has 8 heterocycles. The summed E-state index contributed by atoms with van der Waals surface area (Å²) in [6.07, 6.45) is 22.9. The Morgan fingerprint density at radius 1 is 0.267 bits per heavy atom. The molecule has 30 rings (SSSR count). The van der Waals surface area contributed by atoms with E-state index < -0.39 is 0 Å². The molecule has 0 aliphatic heterocycles. The summed E-state index contributed by atoms with van der Waals surface area (Å²) in [7, 11) is 0.